The van der Waals surface area contributed by atoms with E-state index in [1.165, 1.54) is 15.9 Å². The molecule has 0 aliphatic heterocycles. The molecule has 0 aliphatic rings. The first-order valence-corrected chi connectivity index (χ1v) is 10.0. The zero-order valence-corrected chi connectivity index (χ0v) is 16.9. The van der Waals surface area contributed by atoms with Crippen LogP contribution in [-0.2, 0) is 0 Å². The van der Waals surface area contributed by atoms with Crippen LogP contribution in [0.25, 0.3) is 33.7 Å². The van der Waals surface area contributed by atoms with E-state index < -0.39 is 0 Å². The molecule has 1 aromatic carbocycles. The van der Waals surface area contributed by atoms with Crippen LogP contribution in [0.1, 0.15) is 5.76 Å². The van der Waals surface area contributed by atoms with Crippen molar-refractivity contribution in [1.29, 1.82) is 0 Å². The topological polar surface area (TPSA) is 73.3 Å². The van der Waals surface area contributed by atoms with E-state index in [4.69, 9.17) is 27.6 Å². The molecule has 0 spiro atoms. The Hall–Kier alpha value is -3.00. The summed E-state index contributed by atoms with van der Waals surface area (Å²) in [7, 11) is 0. The minimum atomic E-state index is -0.258. The summed E-state index contributed by atoms with van der Waals surface area (Å²) in [6, 6.07) is 12.4. The van der Waals surface area contributed by atoms with Crippen LogP contribution in [0.5, 0.6) is 0 Å². The molecule has 5 rings (SSSR count). The molecule has 4 aromatic heterocycles. The summed E-state index contributed by atoms with van der Waals surface area (Å²) in [5.74, 6) is 1.52. The molecule has 0 amide bonds. The number of thiazole rings is 1. The predicted molar refractivity (Wildman–Crippen MR) is 113 cm³/mol. The molecule has 0 fully saturated rings. The number of hydrogen-bond acceptors (Lipinski definition) is 6. The predicted octanol–water partition coefficient (Wildman–Crippen LogP) is 4.33. The minimum absolute atomic E-state index is 0.258. The minimum Gasteiger partial charge on any atom is -0.457 e. The number of aromatic nitrogens is 4. The highest BCUT2D eigenvalue weighted by Crippen LogP contribution is 2.35. The van der Waals surface area contributed by atoms with Gasteiger partial charge in [0.1, 0.15) is 16.1 Å². The molecule has 4 heterocycles. The van der Waals surface area contributed by atoms with Crippen molar-refractivity contribution in [3.63, 3.8) is 0 Å². The first-order valence-electron chi connectivity index (χ1n) is 8.46. The molecule has 0 atom stereocenters. The molecule has 5 aromatic rings. The normalized spacial score (nSPS) is 12.1. The van der Waals surface area contributed by atoms with Gasteiger partial charge in [0.2, 0.25) is 4.96 Å². The van der Waals surface area contributed by atoms with Crippen molar-refractivity contribution < 1.29 is 4.42 Å². The molecule has 142 valence electrons. The third kappa shape index (κ3) is 3.23. The zero-order valence-electron chi connectivity index (χ0n) is 14.5. The molecule has 0 bridgehead atoms. The van der Waals surface area contributed by atoms with Gasteiger partial charge in [-0.15, -0.1) is 5.10 Å². The van der Waals surface area contributed by atoms with Crippen molar-refractivity contribution in [2.45, 2.75) is 0 Å². The van der Waals surface area contributed by atoms with Crippen molar-refractivity contribution in [1.82, 2.24) is 19.6 Å². The molecule has 6 nitrogen and oxygen atoms in total. The van der Waals surface area contributed by atoms with Crippen molar-refractivity contribution in [2.24, 2.45) is 0 Å². The summed E-state index contributed by atoms with van der Waals surface area (Å²) in [5.41, 5.74) is 1.15. The van der Waals surface area contributed by atoms with Crippen LogP contribution in [0, 0.1) is 0 Å². The first-order chi connectivity index (χ1) is 14.1. The summed E-state index contributed by atoms with van der Waals surface area (Å²) >= 11 is 13.7. The fourth-order valence-corrected chi connectivity index (χ4v) is 4.36. The average Bonchev–Trinajstić information content (AvgIpc) is 3.41. The third-order valence-corrected chi connectivity index (χ3v) is 5.82. The van der Waals surface area contributed by atoms with Gasteiger partial charge in [-0.05, 0) is 36.4 Å². The molecule has 0 unspecified atom stereocenters. The van der Waals surface area contributed by atoms with Gasteiger partial charge in [0, 0.05) is 24.0 Å². The Kier molecular flexibility index (Phi) is 4.43. The molecule has 0 N–H and O–H groups in total. The smallest absolute Gasteiger partial charge is 0.291 e. The summed E-state index contributed by atoms with van der Waals surface area (Å²) in [4.78, 5) is 21.6. The maximum Gasteiger partial charge on any atom is 0.291 e. The second-order valence-electron chi connectivity index (χ2n) is 6.08. The van der Waals surface area contributed by atoms with Crippen LogP contribution >= 0.6 is 34.5 Å². The number of pyridine rings is 1. The number of benzene rings is 1. The highest BCUT2D eigenvalue weighted by molar-refractivity contribution is 7.15. The maximum absolute atomic E-state index is 12.7. The van der Waals surface area contributed by atoms with Crippen molar-refractivity contribution in [3.05, 3.63) is 85.5 Å². The van der Waals surface area contributed by atoms with Crippen LogP contribution in [-0.4, -0.2) is 19.6 Å². The number of nitrogens with zero attached hydrogens (tertiary/aromatic N) is 4. The number of halogens is 2. The lowest BCUT2D eigenvalue weighted by atomic mass is 10.2. The zero-order chi connectivity index (χ0) is 20.0. The second-order valence-corrected chi connectivity index (χ2v) is 7.90. The summed E-state index contributed by atoms with van der Waals surface area (Å²) in [6.45, 7) is 0. The van der Waals surface area contributed by atoms with Gasteiger partial charge in [-0.1, -0.05) is 40.6 Å². The van der Waals surface area contributed by atoms with E-state index in [9.17, 15) is 4.79 Å². The lowest BCUT2D eigenvalue weighted by molar-refractivity contribution is 0.571. The largest absolute Gasteiger partial charge is 0.457 e. The van der Waals surface area contributed by atoms with Gasteiger partial charge in [0.05, 0.1) is 15.6 Å². The molecule has 0 saturated heterocycles. The molecular formula is C20H10Cl2N4O2S. The van der Waals surface area contributed by atoms with E-state index in [-0.39, 0.29) is 5.56 Å². The van der Waals surface area contributed by atoms with Gasteiger partial charge in [-0.25, -0.2) is 0 Å². The summed E-state index contributed by atoms with van der Waals surface area (Å²) < 4.78 is 7.60. The van der Waals surface area contributed by atoms with Gasteiger partial charge in [-0.2, -0.15) is 9.50 Å². The Morgan fingerprint density at radius 1 is 1.03 bits per heavy atom. The number of rotatable bonds is 3. The number of furan rings is 1. The van der Waals surface area contributed by atoms with Gasteiger partial charge >= 0.3 is 0 Å². The molecule has 9 heteroatoms. The Morgan fingerprint density at radius 3 is 2.52 bits per heavy atom. The van der Waals surface area contributed by atoms with Gasteiger partial charge in [0.15, 0.2) is 5.82 Å². The molecular weight excluding hydrogens is 431 g/mol. The van der Waals surface area contributed by atoms with Gasteiger partial charge < -0.3 is 4.42 Å². The Labute approximate surface area is 177 Å². The first kappa shape index (κ1) is 18.1. The molecule has 0 aliphatic carbocycles. The molecule has 29 heavy (non-hydrogen) atoms. The van der Waals surface area contributed by atoms with E-state index in [0.717, 1.165) is 5.56 Å². The van der Waals surface area contributed by atoms with Gasteiger partial charge in [-0.3, -0.25) is 9.78 Å². The summed E-state index contributed by atoms with van der Waals surface area (Å²) in [5, 5.41) is 5.29. The highest BCUT2D eigenvalue weighted by atomic mass is 35.5. The molecule has 0 saturated carbocycles. The average molecular weight is 441 g/mol. The van der Waals surface area contributed by atoms with Crippen molar-refractivity contribution in [3.8, 4) is 22.7 Å². The quantitative estimate of drug-likeness (QED) is 0.417. The molecule has 0 radical (unpaired) electrons. The fraction of sp³-hybridized carbons (Fsp3) is 0. The van der Waals surface area contributed by atoms with Crippen LogP contribution in [0.2, 0.25) is 10.0 Å². The van der Waals surface area contributed by atoms with E-state index in [1.807, 2.05) is 0 Å². The second kappa shape index (κ2) is 7.11. The van der Waals surface area contributed by atoms with E-state index in [0.29, 0.717) is 42.4 Å². The Morgan fingerprint density at radius 2 is 1.79 bits per heavy atom. The van der Waals surface area contributed by atoms with E-state index >= 15 is 0 Å². The Balaban J connectivity index is 1.55. The lowest BCUT2D eigenvalue weighted by Crippen LogP contribution is -2.23. The SMILES string of the molecule is O=c1c(=Cc2ccc(-c3c(Cl)cccc3Cl)o2)sc2nc(-c3ccncc3)nn12. The van der Waals surface area contributed by atoms with Gasteiger partial charge in [0.25, 0.3) is 5.56 Å². The monoisotopic (exact) mass is 440 g/mol. The maximum atomic E-state index is 12.7. The van der Waals surface area contributed by atoms with Crippen molar-refractivity contribution >= 4 is 45.6 Å². The van der Waals surface area contributed by atoms with Crippen LogP contribution in [0.15, 0.2) is 64.1 Å². The van der Waals surface area contributed by atoms with E-state index in [2.05, 4.69) is 15.1 Å². The Bertz CT molecular complexity index is 1440. The number of fused-ring (bicyclic) bond motifs is 1. The van der Waals surface area contributed by atoms with Crippen molar-refractivity contribution in [2.75, 3.05) is 0 Å². The third-order valence-electron chi connectivity index (χ3n) is 4.23. The highest BCUT2D eigenvalue weighted by Gasteiger charge is 2.14. The fourth-order valence-electron chi connectivity index (χ4n) is 2.88. The summed E-state index contributed by atoms with van der Waals surface area (Å²) in [6.07, 6.45) is 4.97. The number of hydrogen-bond donors (Lipinski definition) is 0. The van der Waals surface area contributed by atoms with Crippen LogP contribution < -0.4 is 10.1 Å². The lowest BCUT2D eigenvalue weighted by Gasteiger charge is -2.02. The van der Waals surface area contributed by atoms with Crippen LogP contribution in [0.3, 0.4) is 0 Å². The van der Waals surface area contributed by atoms with E-state index in [1.54, 1.807) is 60.9 Å². The van der Waals surface area contributed by atoms with Crippen LogP contribution in [0.4, 0.5) is 0 Å². The standard InChI is InChI=1S/C20H10Cl2N4O2S/c21-13-2-1-3-14(22)17(13)15-5-4-12(28-15)10-16-19(27)26-20(29-16)24-18(25-26)11-6-8-23-9-7-11/h1-10H.